The van der Waals surface area contributed by atoms with Crippen LogP contribution in [-0.2, 0) is 4.79 Å². The molecule has 8 nitrogen and oxygen atoms in total. The van der Waals surface area contributed by atoms with Crippen LogP contribution >= 0.6 is 0 Å². The van der Waals surface area contributed by atoms with Crippen LogP contribution in [-0.4, -0.2) is 56.6 Å². The van der Waals surface area contributed by atoms with Gasteiger partial charge in [-0.3, -0.25) is 9.79 Å². The Labute approximate surface area is 181 Å². The lowest BCUT2D eigenvalue weighted by Crippen LogP contribution is -2.33. The van der Waals surface area contributed by atoms with Gasteiger partial charge in [-0.15, -0.1) is 0 Å². The van der Waals surface area contributed by atoms with E-state index < -0.39 is 0 Å². The number of amides is 1. The van der Waals surface area contributed by atoms with E-state index in [1.54, 1.807) is 39.3 Å². The number of carbonyl (C=O) groups excluding carboxylic acids is 1. The molecule has 0 saturated heterocycles. The summed E-state index contributed by atoms with van der Waals surface area (Å²) in [5.74, 6) is 1.16. The second-order valence-corrected chi connectivity index (χ2v) is 7.01. The minimum Gasteiger partial charge on any atom is -0.494 e. The standard InChI is InChI=1S/C23H28N4O4/c1-6-17(25-14-7-9-15(10-8-14)27(3)21(28)13-24-2)22-16-11-19(30-4)20(31-5)12-18(16)26-23(22)29/h7-12,24,26,29H,6,13H2,1-5H3. The molecule has 0 aliphatic rings. The van der Waals surface area contributed by atoms with Gasteiger partial charge in [0.25, 0.3) is 0 Å². The Bertz CT molecular complexity index is 1100. The first-order valence-electron chi connectivity index (χ1n) is 9.99. The maximum atomic E-state index is 12.1. The highest BCUT2D eigenvalue weighted by atomic mass is 16.5. The number of carbonyl (C=O) groups is 1. The largest absolute Gasteiger partial charge is 0.494 e. The zero-order valence-electron chi connectivity index (χ0n) is 18.4. The average molecular weight is 425 g/mol. The van der Waals surface area contributed by atoms with Gasteiger partial charge in [-0.1, -0.05) is 6.92 Å². The zero-order valence-corrected chi connectivity index (χ0v) is 18.4. The summed E-state index contributed by atoms with van der Waals surface area (Å²) in [6.45, 7) is 2.25. The van der Waals surface area contributed by atoms with Crippen LogP contribution in [0.3, 0.4) is 0 Å². The van der Waals surface area contributed by atoms with Crippen molar-refractivity contribution >= 4 is 33.9 Å². The predicted molar refractivity (Wildman–Crippen MR) is 123 cm³/mol. The summed E-state index contributed by atoms with van der Waals surface area (Å²) in [5.41, 5.74) is 3.59. The molecule has 0 unspecified atom stereocenters. The summed E-state index contributed by atoms with van der Waals surface area (Å²) in [7, 11) is 6.62. The van der Waals surface area contributed by atoms with Gasteiger partial charge in [0, 0.05) is 24.2 Å². The Morgan fingerprint density at radius 1 is 1.16 bits per heavy atom. The van der Waals surface area contributed by atoms with E-state index in [2.05, 4.69) is 10.3 Å². The van der Waals surface area contributed by atoms with Gasteiger partial charge in [-0.05, 0) is 43.8 Å². The molecule has 164 valence electrons. The number of hydrogen-bond donors (Lipinski definition) is 3. The van der Waals surface area contributed by atoms with Crippen molar-refractivity contribution in [2.24, 2.45) is 4.99 Å². The lowest BCUT2D eigenvalue weighted by Gasteiger charge is -2.17. The normalized spacial score (nSPS) is 11.6. The Kier molecular flexibility index (Phi) is 6.81. The number of aromatic nitrogens is 1. The van der Waals surface area contributed by atoms with Crippen LogP contribution in [0.4, 0.5) is 11.4 Å². The SMILES string of the molecule is CCC(=Nc1ccc(N(C)C(=O)CNC)cc1)c1c(O)[nH]c2cc(OC)c(OC)cc12. The summed E-state index contributed by atoms with van der Waals surface area (Å²) in [4.78, 5) is 21.4. The summed E-state index contributed by atoms with van der Waals surface area (Å²) < 4.78 is 10.8. The maximum Gasteiger partial charge on any atom is 0.240 e. The molecule has 0 saturated carbocycles. The molecule has 3 aromatic rings. The van der Waals surface area contributed by atoms with Crippen molar-refractivity contribution in [3.05, 3.63) is 42.0 Å². The van der Waals surface area contributed by atoms with Crippen LogP contribution in [0.15, 0.2) is 41.4 Å². The van der Waals surface area contributed by atoms with Gasteiger partial charge in [0.05, 0.1) is 43.2 Å². The van der Waals surface area contributed by atoms with Crippen LogP contribution in [0.5, 0.6) is 17.4 Å². The highest BCUT2D eigenvalue weighted by molar-refractivity contribution is 6.14. The number of nitrogens with one attached hydrogen (secondary N) is 2. The summed E-state index contributed by atoms with van der Waals surface area (Å²) >= 11 is 0. The van der Waals surface area contributed by atoms with Crippen LogP contribution in [0.25, 0.3) is 10.9 Å². The number of aliphatic imine (C=N–C) groups is 1. The fourth-order valence-electron chi connectivity index (χ4n) is 3.43. The molecule has 0 aliphatic heterocycles. The number of ether oxygens (including phenoxy) is 2. The van der Waals surface area contributed by atoms with Gasteiger partial charge in [-0.2, -0.15) is 0 Å². The predicted octanol–water partition coefficient (Wildman–Crippen LogP) is 3.60. The summed E-state index contributed by atoms with van der Waals surface area (Å²) in [6.07, 6.45) is 0.608. The molecule has 0 spiro atoms. The van der Waals surface area contributed by atoms with Crippen molar-refractivity contribution in [2.75, 3.05) is 39.8 Å². The fraction of sp³-hybridized carbons (Fsp3) is 0.304. The number of aromatic hydroxyl groups is 1. The van der Waals surface area contributed by atoms with Gasteiger partial charge in [-0.25, -0.2) is 0 Å². The topological polar surface area (TPSA) is 99.2 Å². The second kappa shape index (κ2) is 9.53. The molecule has 3 N–H and O–H groups in total. The van der Waals surface area contributed by atoms with Gasteiger partial charge in [0.2, 0.25) is 5.91 Å². The molecule has 0 aliphatic carbocycles. The third kappa shape index (κ3) is 4.49. The van der Waals surface area contributed by atoms with Crippen LogP contribution in [0, 0.1) is 0 Å². The number of methoxy groups -OCH3 is 2. The summed E-state index contributed by atoms with van der Waals surface area (Å²) in [6, 6.07) is 11.0. The van der Waals surface area contributed by atoms with E-state index in [1.807, 2.05) is 37.3 Å². The monoisotopic (exact) mass is 424 g/mol. The minimum atomic E-state index is -0.0268. The number of H-pyrrole nitrogens is 1. The van der Waals surface area contributed by atoms with Crippen molar-refractivity contribution in [1.29, 1.82) is 0 Å². The van der Waals surface area contributed by atoms with Crippen molar-refractivity contribution in [3.63, 3.8) is 0 Å². The van der Waals surface area contributed by atoms with Crippen molar-refractivity contribution in [1.82, 2.24) is 10.3 Å². The zero-order chi connectivity index (χ0) is 22.5. The number of likely N-dealkylation sites (N-methyl/N-ethyl adjacent to an activating group) is 2. The first-order chi connectivity index (χ1) is 14.9. The van der Waals surface area contributed by atoms with E-state index in [0.717, 1.165) is 28.0 Å². The molecule has 8 heteroatoms. The van der Waals surface area contributed by atoms with Gasteiger partial charge < -0.3 is 29.8 Å². The molecule has 1 aromatic heterocycles. The number of benzene rings is 2. The minimum absolute atomic E-state index is 0.0268. The lowest BCUT2D eigenvalue weighted by molar-refractivity contribution is -0.117. The average Bonchev–Trinajstić information content (AvgIpc) is 3.10. The van der Waals surface area contributed by atoms with Crippen LogP contribution < -0.4 is 19.7 Å². The molecule has 0 fully saturated rings. The molecule has 0 atom stereocenters. The Morgan fingerprint density at radius 3 is 2.39 bits per heavy atom. The van der Waals surface area contributed by atoms with E-state index in [-0.39, 0.29) is 18.3 Å². The van der Waals surface area contributed by atoms with E-state index in [4.69, 9.17) is 14.5 Å². The highest BCUT2D eigenvalue weighted by Gasteiger charge is 2.19. The van der Waals surface area contributed by atoms with Crippen LogP contribution in [0.2, 0.25) is 0 Å². The number of anilines is 1. The third-order valence-electron chi connectivity index (χ3n) is 5.11. The molecular weight excluding hydrogens is 396 g/mol. The molecule has 1 amide bonds. The number of rotatable bonds is 8. The fourth-order valence-corrected chi connectivity index (χ4v) is 3.43. The molecular formula is C23H28N4O4. The number of fused-ring (bicyclic) bond motifs is 1. The number of aromatic amines is 1. The van der Waals surface area contributed by atoms with Crippen molar-refractivity contribution in [3.8, 4) is 17.4 Å². The van der Waals surface area contributed by atoms with E-state index in [0.29, 0.717) is 23.5 Å². The lowest BCUT2D eigenvalue weighted by atomic mass is 10.1. The van der Waals surface area contributed by atoms with Crippen molar-refractivity contribution < 1.29 is 19.4 Å². The van der Waals surface area contributed by atoms with Gasteiger partial charge in [0.15, 0.2) is 17.4 Å². The van der Waals surface area contributed by atoms with Crippen molar-refractivity contribution in [2.45, 2.75) is 13.3 Å². The molecule has 31 heavy (non-hydrogen) atoms. The van der Waals surface area contributed by atoms with Gasteiger partial charge >= 0.3 is 0 Å². The maximum absolute atomic E-state index is 12.1. The Morgan fingerprint density at radius 2 is 1.81 bits per heavy atom. The number of nitrogens with zero attached hydrogens (tertiary/aromatic N) is 2. The first-order valence-corrected chi connectivity index (χ1v) is 9.99. The third-order valence-corrected chi connectivity index (χ3v) is 5.11. The molecule has 3 rings (SSSR count). The first kappa shape index (κ1) is 22.2. The second-order valence-electron chi connectivity index (χ2n) is 7.01. The van der Waals surface area contributed by atoms with E-state index in [9.17, 15) is 9.90 Å². The highest BCUT2D eigenvalue weighted by Crippen LogP contribution is 2.37. The molecule has 0 radical (unpaired) electrons. The Hall–Kier alpha value is -3.52. The van der Waals surface area contributed by atoms with E-state index >= 15 is 0 Å². The Balaban J connectivity index is 1.99. The molecule has 1 heterocycles. The van der Waals surface area contributed by atoms with E-state index in [1.165, 1.54) is 0 Å². The smallest absolute Gasteiger partial charge is 0.240 e. The van der Waals surface area contributed by atoms with Crippen LogP contribution in [0.1, 0.15) is 18.9 Å². The molecule has 2 aromatic carbocycles. The quantitative estimate of drug-likeness (QED) is 0.480. The summed E-state index contributed by atoms with van der Waals surface area (Å²) in [5, 5.41) is 14.3. The van der Waals surface area contributed by atoms with Gasteiger partial charge in [0.1, 0.15) is 0 Å². The molecule has 0 bridgehead atoms. The number of hydrogen-bond acceptors (Lipinski definition) is 6.